The van der Waals surface area contributed by atoms with Gasteiger partial charge in [0.05, 0.1) is 16.8 Å². The molecule has 1 unspecified atom stereocenters. The molecule has 1 atom stereocenters. The van der Waals surface area contributed by atoms with Gasteiger partial charge in [-0.25, -0.2) is 18.1 Å². The predicted octanol–water partition coefficient (Wildman–Crippen LogP) is 1.84. The molecule has 0 amide bonds. The SMILES string of the molecule is Cc1cc(CN2N=Cc3ccc(S(=O)(=O)NC4(C)CC4)cc3C2OC=O)on1. The summed E-state index contributed by atoms with van der Waals surface area (Å²) >= 11 is 0. The lowest BCUT2D eigenvalue weighted by Crippen LogP contribution is -2.35. The van der Waals surface area contributed by atoms with Crippen LogP contribution in [0.1, 0.15) is 48.6 Å². The topological polar surface area (TPSA) is 114 Å². The first kappa shape index (κ1) is 18.6. The molecule has 1 saturated carbocycles. The molecule has 4 rings (SSSR count). The summed E-state index contributed by atoms with van der Waals surface area (Å²) in [5, 5.41) is 9.64. The molecule has 0 bridgehead atoms. The third-order valence-electron chi connectivity index (χ3n) is 4.81. The van der Waals surface area contributed by atoms with Crippen LogP contribution in [0.15, 0.2) is 38.8 Å². The summed E-state index contributed by atoms with van der Waals surface area (Å²) in [4.78, 5) is 11.2. The normalized spacial score (nSPS) is 19.9. The summed E-state index contributed by atoms with van der Waals surface area (Å²) in [5.74, 6) is 0.546. The Kier molecular flexibility index (Phi) is 4.47. The third-order valence-corrected chi connectivity index (χ3v) is 6.45. The number of nitrogens with one attached hydrogen (secondary N) is 1. The Balaban J connectivity index is 1.66. The van der Waals surface area contributed by atoms with Gasteiger partial charge in [-0.3, -0.25) is 4.79 Å². The van der Waals surface area contributed by atoms with Crippen LogP contribution in [-0.4, -0.2) is 36.8 Å². The highest BCUT2D eigenvalue weighted by atomic mass is 32.2. The summed E-state index contributed by atoms with van der Waals surface area (Å²) < 4.78 is 38.6. The van der Waals surface area contributed by atoms with E-state index in [0.717, 1.165) is 18.5 Å². The fraction of sp³-hybridized carbons (Fsp3) is 0.389. The monoisotopic (exact) mass is 404 g/mol. The Hall–Kier alpha value is -2.72. The van der Waals surface area contributed by atoms with Crippen LogP contribution in [0.25, 0.3) is 0 Å². The lowest BCUT2D eigenvalue weighted by molar-refractivity contribution is -0.145. The minimum Gasteiger partial charge on any atom is -0.438 e. The van der Waals surface area contributed by atoms with E-state index < -0.39 is 16.3 Å². The molecule has 1 fully saturated rings. The average molecular weight is 404 g/mol. The molecule has 0 spiro atoms. The minimum atomic E-state index is -3.69. The van der Waals surface area contributed by atoms with Crippen LogP contribution < -0.4 is 4.72 Å². The van der Waals surface area contributed by atoms with Crippen molar-refractivity contribution in [1.82, 2.24) is 14.9 Å². The smallest absolute Gasteiger partial charge is 0.295 e. The van der Waals surface area contributed by atoms with Crippen LogP contribution in [0, 0.1) is 6.92 Å². The van der Waals surface area contributed by atoms with E-state index in [2.05, 4.69) is 15.0 Å². The molecule has 1 aliphatic heterocycles. The molecule has 10 heteroatoms. The second kappa shape index (κ2) is 6.71. The predicted molar refractivity (Wildman–Crippen MR) is 98.7 cm³/mol. The van der Waals surface area contributed by atoms with E-state index in [1.54, 1.807) is 25.3 Å². The summed E-state index contributed by atoms with van der Waals surface area (Å²) in [6.07, 6.45) is 2.33. The zero-order valence-corrected chi connectivity index (χ0v) is 16.3. The van der Waals surface area contributed by atoms with Crippen LogP contribution in [0.4, 0.5) is 0 Å². The van der Waals surface area contributed by atoms with Gasteiger partial charge in [0.15, 0.2) is 5.76 Å². The van der Waals surface area contributed by atoms with Crippen molar-refractivity contribution in [3.63, 3.8) is 0 Å². The number of carbonyl (C=O) groups is 1. The van der Waals surface area contributed by atoms with Crippen molar-refractivity contribution in [1.29, 1.82) is 0 Å². The Morgan fingerprint density at radius 3 is 2.82 bits per heavy atom. The number of hydrogen-bond donors (Lipinski definition) is 1. The van der Waals surface area contributed by atoms with Gasteiger partial charge in [-0.2, -0.15) is 5.10 Å². The molecule has 28 heavy (non-hydrogen) atoms. The van der Waals surface area contributed by atoms with Crippen LogP contribution >= 0.6 is 0 Å². The van der Waals surface area contributed by atoms with E-state index in [-0.39, 0.29) is 17.0 Å². The molecule has 1 aromatic heterocycles. The number of carbonyl (C=O) groups excluding carboxylic acids is 1. The van der Waals surface area contributed by atoms with Crippen molar-refractivity contribution in [3.8, 4) is 0 Å². The van der Waals surface area contributed by atoms with Gasteiger partial charge in [0.25, 0.3) is 6.47 Å². The Bertz CT molecular complexity index is 1040. The first-order valence-electron chi connectivity index (χ1n) is 8.80. The Labute approximate surface area is 162 Å². The number of ether oxygens (including phenoxy) is 1. The van der Waals surface area contributed by atoms with Crippen LogP contribution in [-0.2, 0) is 26.1 Å². The number of nitrogens with zero attached hydrogens (tertiary/aromatic N) is 3. The molecular formula is C18H20N4O5S. The van der Waals surface area contributed by atoms with E-state index in [4.69, 9.17) is 9.26 Å². The Morgan fingerprint density at radius 2 is 2.18 bits per heavy atom. The van der Waals surface area contributed by atoms with Gasteiger partial charge in [-0.15, -0.1) is 0 Å². The molecule has 148 valence electrons. The number of rotatable bonds is 7. The second-order valence-corrected chi connectivity index (χ2v) is 9.00. The summed E-state index contributed by atoms with van der Waals surface area (Å²) in [6.45, 7) is 4.20. The van der Waals surface area contributed by atoms with Crippen LogP contribution in [0.3, 0.4) is 0 Å². The quantitative estimate of drug-likeness (QED) is 0.700. The van der Waals surface area contributed by atoms with Crippen molar-refractivity contribution < 1.29 is 22.5 Å². The van der Waals surface area contributed by atoms with Crippen LogP contribution in [0.2, 0.25) is 0 Å². The number of aromatic nitrogens is 1. The number of fused-ring (bicyclic) bond motifs is 1. The van der Waals surface area contributed by atoms with Crippen molar-refractivity contribution in [3.05, 3.63) is 46.8 Å². The van der Waals surface area contributed by atoms with E-state index in [1.165, 1.54) is 17.1 Å². The molecule has 1 aliphatic carbocycles. The van der Waals surface area contributed by atoms with Gasteiger partial charge >= 0.3 is 0 Å². The van der Waals surface area contributed by atoms with Gasteiger partial charge in [0.1, 0.15) is 6.54 Å². The highest BCUT2D eigenvalue weighted by Crippen LogP contribution is 2.37. The third kappa shape index (κ3) is 3.65. The summed E-state index contributed by atoms with van der Waals surface area (Å²) in [6, 6.07) is 6.44. The van der Waals surface area contributed by atoms with Crippen molar-refractivity contribution >= 4 is 22.7 Å². The standard InChI is InChI=1S/C18H20N4O5S/c1-12-7-14(27-20-12)10-22-17(26-11-23)16-8-15(4-3-13(16)9-19-22)28(24,25)21-18(2)5-6-18/h3-4,7-9,11,17,21H,5-6,10H2,1-2H3. The first-order valence-corrected chi connectivity index (χ1v) is 10.3. The van der Waals surface area contributed by atoms with Crippen molar-refractivity contribution in [2.45, 2.75) is 49.9 Å². The molecule has 0 radical (unpaired) electrons. The second-order valence-electron chi connectivity index (χ2n) is 7.32. The molecule has 9 nitrogen and oxygen atoms in total. The first-order chi connectivity index (χ1) is 13.3. The van der Waals surface area contributed by atoms with Gasteiger partial charge in [0, 0.05) is 22.7 Å². The fourth-order valence-corrected chi connectivity index (χ4v) is 4.55. The molecule has 2 aromatic rings. The molecule has 2 heterocycles. The lowest BCUT2D eigenvalue weighted by Gasteiger charge is -2.31. The maximum Gasteiger partial charge on any atom is 0.295 e. The van der Waals surface area contributed by atoms with E-state index in [9.17, 15) is 13.2 Å². The van der Waals surface area contributed by atoms with Gasteiger partial charge < -0.3 is 9.26 Å². The largest absolute Gasteiger partial charge is 0.438 e. The number of hydrazone groups is 1. The van der Waals surface area contributed by atoms with Gasteiger partial charge in [-0.1, -0.05) is 11.2 Å². The molecule has 1 N–H and O–H groups in total. The molecule has 0 saturated heterocycles. The van der Waals surface area contributed by atoms with Crippen LogP contribution in [0.5, 0.6) is 0 Å². The molecule has 2 aliphatic rings. The minimum absolute atomic E-state index is 0.115. The number of hydrogen-bond acceptors (Lipinski definition) is 8. The molecule has 1 aromatic carbocycles. The maximum absolute atomic E-state index is 12.7. The zero-order chi connectivity index (χ0) is 19.9. The van der Waals surface area contributed by atoms with Gasteiger partial charge in [0.2, 0.25) is 16.3 Å². The number of aryl methyl sites for hydroxylation is 1. The summed E-state index contributed by atoms with van der Waals surface area (Å²) in [5.41, 5.74) is 1.54. The van der Waals surface area contributed by atoms with E-state index >= 15 is 0 Å². The number of sulfonamides is 1. The van der Waals surface area contributed by atoms with Crippen molar-refractivity contribution in [2.75, 3.05) is 0 Å². The molecular weight excluding hydrogens is 384 g/mol. The highest BCUT2D eigenvalue weighted by Gasteiger charge is 2.41. The fourth-order valence-electron chi connectivity index (χ4n) is 3.05. The average Bonchev–Trinajstić information content (AvgIpc) is 3.21. The van der Waals surface area contributed by atoms with E-state index in [0.29, 0.717) is 23.4 Å². The zero-order valence-electron chi connectivity index (χ0n) is 15.5. The Morgan fingerprint density at radius 1 is 1.39 bits per heavy atom. The van der Waals surface area contributed by atoms with Crippen molar-refractivity contribution in [2.24, 2.45) is 5.10 Å². The number of benzene rings is 1. The maximum atomic E-state index is 12.7. The lowest BCUT2D eigenvalue weighted by atomic mass is 10.1. The van der Waals surface area contributed by atoms with Gasteiger partial charge in [-0.05, 0) is 38.8 Å². The summed E-state index contributed by atoms with van der Waals surface area (Å²) in [7, 11) is -3.69. The van der Waals surface area contributed by atoms with E-state index in [1.807, 2.05) is 6.92 Å². The highest BCUT2D eigenvalue weighted by molar-refractivity contribution is 7.89.